The maximum Gasteiger partial charge on any atom is 0.251 e. The van der Waals surface area contributed by atoms with Gasteiger partial charge in [0.25, 0.3) is 5.91 Å². The zero-order chi connectivity index (χ0) is 18.0. The lowest BCUT2D eigenvalue weighted by Gasteiger charge is -2.29. The van der Waals surface area contributed by atoms with Crippen molar-refractivity contribution in [3.63, 3.8) is 0 Å². The Labute approximate surface area is 157 Å². The standard InChI is InChI=1S/C19H20F2N2O2.ClH/c1-19(11-22,13-4-5-13)23-18(24)12-2-6-14(7-3-12)25-15-8-9-16(20)17(21)10-15;/h2-3,6-10,13H,4-5,11,22H2,1H3,(H,23,24);1H. The summed E-state index contributed by atoms with van der Waals surface area (Å²) >= 11 is 0. The molecule has 1 atom stereocenters. The molecule has 3 rings (SSSR count). The van der Waals surface area contributed by atoms with Crippen molar-refractivity contribution in [1.29, 1.82) is 0 Å². The SMILES string of the molecule is CC(CN)(NC(=O)c1ccc(Oc2ccc(F)c(F)c2)cc1)C1CC1.Cl. The number of rotatable bonds is 6. The Morgan fingerprint density at radius 1 is 1.15 bits per heavy atom. The number of ether oxygens (including phenoxy) is 1. The van der Waals surface area contributed by atoms with Crippen LogP contribution in [0.3, 0.4) is 0 Å². The fourth-order valence-corrected chi connectivity index (χ4v) is 2.72. The number of nitrogens with two attached hydrogens (primary N) is 1. The van der Waals surface area contributed by atoms with Crippen LogP contribution in [0.2, 0.25) is 0 Å². The van der Waals surface area contributed by atoms with Gasteiger partial charge >= 0.3 is 0 Å². The van der Waals surface area contributed by atoms with Gasteiger partial charge in [-0.3, -0.25) is 4.79 Å². The largest absolute Gasteiger partial charge is 0.457 e. The molecule has 0 radical (unpaired) electrons. The van der Waals surface area contributed by atoms with E-state index in [-0.39, 0.29) is 24.1 Å². The van der Waals surface area contributed by atoms with Crippen molar-refractivity contribution >= 4 is 18.3 Å². The van der Waals surface area contributed by atoms with Crippen LogP contribution >= 0.6 is 12.4 Å². The molecule has 1 saturated carbocycles. The minimum Gasteiger partial charge on any atom is -0.457 e. The molecule has 7 heteroatoms. The zero-order valence-corrected chi connectivity index (χ0v) is 15.1. The van der Waals surface area contributed by atoms with E-state index < -0.39 is 17.2 Å². The highest BCUT2D eigenvalue weighted by molar-refractivity contribution is 5.94. The first kappa shape index (κ1) is 20.1. The Kier molecular flexibility index (Phi) is 6.21. The Morgan fingerprint density at radius 3 is 2.31 bits per heavy atom. The maximum atomic E-state index is 13.2. The topological polar surface area (TPSA) is 64.3 Å². The van der Waals surface area contributed by atoms with Crippen LogP contribution < -0.4 is 15.8 Å². The highest BCUT2D eigenvalue weighted by atomic mass is 35.5. The van der Waals surface area contributed by atoms with Crippen LogP contribution in [0.1, 0.15) is 30.1 Å². The Hall–Kier alpha value is -2.18. The molecule has 1 aliphatic rings. The average molecular weight is 383 g/mol. The van der Waals surface area contributed by atoms with Gasteiger partial charge in [-0.25, -0.2) is 8.78 Å². The van der Waals surface area contributed by atoms with Crippen LogP contribution in [0.4, 0.5) is 8.78 Å². The Bertz CT molecular complexity index is 782. The summed E-state index contributed by atoms with van der Waals surface area (Å²) < 4.78 is 31.6. The normalized spacial score (nSPS) is 15.5. The Balaban J connectivity index is 0.00000243. The molecule has 4 nitrogen and oxygen atoms in total. The number of hydrogen-bond acceptors (Lipinski definition) is 3. The van der Waals surface area contributed by atoms with Gasteiger partial charge in [0.05, 0.1) is 5.54 Å². The summed E-state index contributed by atoms with van der Waals surface area (Å²) in [4.78, 5) is 12.4. The minimum absolute atomic E-state index is 0. The summed E-state index contributed by atoms with van der Waals surface area (Å²) in [5.74, 6) is -1.07. The van der Waals surface area contributed by atoms with Gasteiger partial charge in [-0.2, -0.15) is 0 Å². The van der Waals surface area contributed by atoms with E-state index in [4.69, 9.17) is 10.5 Å². The van der Waals surface area contributed by atoms with Crippen LogP contribution in [-0.4, -0.2) is 18.0 Å². The third-order valence-corrected chi connectivity index (χ3v) is 4.54. The van der Waals surface area contributed by atoms with Gasteiger partial charge in [-0.1, -0.05) is 0 Å². The van der Waals surface area contributed by atoms with Gasteiger partial charge < -0.3 is 15.8 Å². The summed E-state index contributed by atoms with van der Waals surface area (Å²) in [5, 5.41) is 3.01. The lowest BCUT2D eigenvalue weighted by atomic mass is 9.95. The molecular formula is C19H21ClF2N2O2. The molecule has 2 aromatic carbocycles. The number of hydrogen-bond donors (Lipinski definition) is 2. The van der Waals surface area contributed by atoms with Crippen LogP contribution in [0.15, 0.2) is 42.5 Å². The molecule has 0 aliphatic heterocycles. The second kappa shape index (κ2) is 8.01. The van der Waals surface area contributed by atoms with E-state index in [2.05, 4.69) is 5.32 Å². The molecule has 1 fully saturated rings. The Morgan fingerprint density at radius 2 is 1.77 bits per heavy atom. The second-order valence-electron chi connectivity index (χ2n) is 6.55. The van der Waals surface area contributed by atoms with Crippen LogP contribution in [0.5, 0.6) is 11.5 Å². The molecule has 1 unspecified atom stereocenters. The predicted molar refractivity (Wildman–Crippen MR) is 97.8 cm³/mol. The molecular weight excluding hydrogens is 362 g/mol. The molecule has 0 saturated heterocycles. The number of carbonyl (C=O) groups excluding carboxylic acids is 1. The molecule has 140 valence electrons. The summed E-state index contributed by atoms with van der Waals surface area (Å²) in [7, 11) is 0. The highest BCUT2D eigenvalue weighted by Gasteiger charge is 2.41. The van der Waals surface area contributed by atoms with Crippen molar-refractivity contribution in [3.8, 4) is 11.5 Å². The summed E-state index contributed by atoms with van der Waals surface area (Å²) in [5.41, 5.74) is 5.91. The van der Waals surface area contributed by atoms with Crippen molar-refractivity contribution in [3.05, 3.63) is 59.7 Å². The molecule has 0 bridgehead atoms. The van der Waals surface area contributed by atoms with Gasteiger partial charge in [0.1, 0.15) is 11.5 Å². The van der Waals surface area contributed by atoms with E-state index in [0.29, 0.717) is 23.8 Å². The number of benzene rings is 2. The fraction of sp³-hybridized carbons (Fsp3) is 0.316. The number of amides is 1. The number of carbonyl (C=O) groups is 1. The van der Waals surface area contributed by atoms with E-state index in [1.54, 1.807) is 24.3 Å². The van der Waals surface area contributed by atoms with Crippen LogP contribution in [0.25, 0.3) is 0 Å². The molecule has 0 aromatic heterocycles. The molecule has 3 N–H and O–H groups in total. The van der Waals surface area contributed by atoms with Crippen LogP contribution in [-0.2, 0) is 0 Å². The summed E-state index contributed by atoms with van der Waals surface area (Å²) in [6.45, 7) is 2.35. The van der Waals surface area contributed by atoms with E-state index in [0.717, 1.165) is 25.0 Å². The van der Waals surface area contributed by atoms with Crippen LogP contribution in [0, 0.1) is 17.6 Å². The molecule has 2 aromatic rings. The average Bonchev–Trinajstić information content (AvgIpc) is 3.44. The summed E-state index contributed by atoms with van der Waals surface area (Å²) in [6, 6.07) is 9.75. The lowest BCUT2D eigenvalue weighted by molar-refractivity contribution is 0.0898. The van der Waals surface area contributed by atoms with E-state index in [1.165, 1.54) is 6.07 Å². The van der Waals surface area contributed by atoms with Crippen molar-refractivity contribution in [2.24, 2.45) is 11.7 Å². The van der Waals surface area contributed by atoms with Gasteiger partial charge in [0, 0.05) is 18.2 Å². The monoisotopic (exact) mass is 382 g/mol. The summed E-state index contributed by atoms with van der Waals surface area (Å²) in [6.07, 6.45) is 2.16. The van der Waals surface area contributed by atoms with Gasteiger partial charge in [-0.05, 0) is 62.1 Å². The van der Waals surface area contributed by atoms with Crippen molar-refractivity contribution in [2.45, 2.75) is 25.3 Å². The van der Waals surface area contributed by atoms with E-state index >= 15 is 0 Å². The maximum absolute atomic E-state index is 13.2. The van der Waals surface area contributed by atoms with Crippen molar-refractivity contribution in [1.82, 2.24) is 5.32 Å². The third-order valence-electron chi connectivity index (χ3n) is 4.54. The number of nitrogens with one attached hydrogen (secondary N) is 1. The molecule has 0 heterocycles. The molecule has 26 heavy (non-hydrogen) atoms. The zero-order valence-electron chi connectivity index (χ0n) is 14.3. The second-order valence-corrected chi connectivity index (χ2v) is 6.55. The van der Waals surface area contributed by atoms with Crippen molar-refractivity contribution < 1.29 is 18.3 Å². The first-order valence-electron chi connectivity index (χ1n) is 8.17. The first-order valence-corrected chi connectivity index (χ1v) is 8.17. The highest BCUT2D eigenvalue weighted by Crippen LogP contribution is 2.39. The van der Waals surface area contributed by atoms with Gasteiger partial charge in [0.15, 0.2) is 11.6 Å². The quantitative estimate of drug-likeness (QED) is 0.792. The van der Waals surface area contributed by atoms with E-state index in [1.807, 2.05) is 6.92 Å². The lowest BCUT2D eigenvalue weighted by Crippen LogP contribution is -2.53. The first-order chi connectivity index (χ1) is 11.9. The fourth-order valence-electron chi connectivity index (χ4n) is 2.72. The molecule has 1 aliphatic carbocycles. The molecule has 1 amide bonds. The smallest absolute Gasteiger partial charge is 0.251 e. The van der Waals surface area contributed by atoms with Gasteiger partial charge in [-0.15, -0.1) is 12.4 Å². The van der Waals surface area contributed by atoms with E-state index in [9.17, 15) is 13.6 Å². The predicted octanol–water partition coefficient (Wildman–Crippen LogP) is 4.04. The number of halogens is 3. The van der Waals surface area contributed by atoms with Gasteiger partial charge in [0.2, 0.25) is 0 Å². The minimum atomic E-state index is -0.977. The third kappa shape index (κ3) is 4.51. The van der Waals surface area contributed by atoms with Crippen molar-refractivity contribution in [2.75, 3.05) is 6.54 Å². The molecule has 0 spiro atoms.